The third-order valence-electron chi connectivity index (χ3n) is 16.4. The molecule has 0 aromatic heterocycles. The molecule has 0 aromatic carbocycles. The van der Waals surface area contributed by atoms with Gasteiger partial charge in [0.25, 0.3) is 0 Å². The van der Waals surface area contributed by atoms with Gasteiger partial charge in [-0.2, -0.15) is 0 Å². The zero-order valence-electron chi connectivity index (χ0n) is 29.6. The Bertz CT molecular complexity index is 1330. The topological polar surface area (TPSA) is 144 Å². The lowest BCUT2D eigenvalue weighted by Crippen LogP contribution is -2.63. The average molecular weight is 663 g/mol. The van der Waals surface area contributed by atoms with Gasteiger partial charge < -0.3 is 44.1 Å². The van der Waals surface area contributed by atoms with Crippen molar-refractivity contribution < 1.29 is 48.9 Å². The van der Waals surface area contributed by atoms with Gasteiger partial charge in [-0.3, -0.25) is 4.79 Å². The number of carbonyl (C=O) groups excluding carboxylic acids is 1. The first-order valence-corrected chi connectivity index (χ1v) is 18.3. The molecule has 3 saturated heterocycles. The van der Waals surface area contributed by atoms with Crippen molar-refractivity contribution in [3.63, 3.8) is 0 Å². The molecule has 8 aliphatic rings. The highest BCUT2D eigenvalue weighted by Gasteiger charge is 2.87. The van der Waals surface area contributed by atoms with E-state index in [-0.39, 0.29) is 57.8 Å². The Kier molecular flexibility index (Phi) is 6.89. The van der Waals surface area contributed by atoms with E-state index in [2.05, 4.69) is 34.6 Å². The summed E-state index contributed by atoms with van der Waals surface area (Å²) in [5.74, 6) is -0.632. The lowest BCUT2D eigenvalue weighted by atomic mass is 9.41. The molecule has 8 rings (SSSR count). The second kappa shape index (κ2) is 9.72. The molecule has 2 bridgehead atoms. The molecule has 0 amide bonds. The van der Waals surface area contributed by atoms with Gasteiger partial charge in [-0.1, -0.05) is 27.7 Å². The van der Waals surface area contributed by atoms with Crippen LogP contribution < -0.4 is 0 Å². The normalized spacial score (nSPS) is 58.8. The zero-order valence-corrected chi connectivity index (χ0v) is 29.6. The molecule has 0 aromatic rings. The summed E-state index contributed by atoms with van der Waals surface area (Å²) in [5.41, 5.74) is -2.14. The van der Waals surface area contributed by atoms with Crippen LogP contribution in [0.5, 0.6) is 0 Å². The molecule has 266 valence electrons. The SMILES string of the molecule is CC(=O)O[C@H]1[C@@H]2O[C@@]3(C(C)(C)O)CC[C@](C)(O3)C2[C@@]2(C)CC[C@@]34C[C@@]35CC[C@H](O[C@@H]3OC[C@@H](O)[C@@H](O)[C@H]3O)C(C)(C)C5CCC4[C@]12C. The van der Waals surface area contributed by atoms with E-state index in [1.807, 2.05) is 0 Å². The van der Waals surface area contributed by atoms with Crippen molar-refractivity contribution in [3.8, 4) is 0 Å². The van der Waals surface area contributed by atoms with E-state index in [4.69, 9.17) is 23.7 Å². The van der Waals surface area contributed by atoms with E-state index in [0.717, 1.165) is 51.4 Å². The molecule has 3 aliphatic heterocycles. The number of hydrogen-bond acceptors (Lipinski definition) is 10. The summed E-state index contributed by atoms with van der Waals surface area (Å²) in [6, 6.07) is 0. The molecular weight excluding hydrogens is 604 g/mol. The first-order valence-electron chi connectivity index (χ1n) is 18.3. The molecule has 8 fully saturated rings. The number of hydrogen-bond donors (Lipinski definition) is 4. The van der Waals surface area contributed by atoms with E-state index in [1.165, 1.54) is 6.92 Å². The third kappa shape index (κ3) is 3.88. The van der Waals surface area contributed by atoms with Gasteiger partial charge in [-0.15, -0.1) is 0 Å². The first kappa shape index (κ1) is 33.3. The summed E-state index contributed by atoms with van der Waals surface area (Å²) in [6.07, 6.45) is 2.97. The predicted octanol–water partition coefficient (Wildman–Crippen LogP) is 3.84. The van der Waals surface area contributed by atoms with E-state index in [9.17, 15) is 25.2 Å². The molecule has 10 heteroatoms. The number of esters is 1. The minimum atomic E-state index is -1.30. The van der Waals surface area contributed by atoms with Gasteiger partial charge in [0.1, 0.15) is 36.1 Å². The molecule has 4 N–H and O–H groups in total. The van der Waals surface area contributed by atoms with Crippen molar-refractivity contribution in [2.75, 3.05) is 6.61 Å². The maximum atomic E-state index is 12.9. The molecule has 10 nitrogen and oxygen atoms in total. The lowest BCUT2D eigenvalue weighted by molar-refractivity contribution is -0.388. The van der Waals surface area contributed by atoms with Gasteiger partial charge in [0.05, 0.1) is 18.3 Å². The Morgan fingerprint density at radius 1 is 0.872 bits per heavy atom. The molecule has 3 heterocycles. The maximum absolute atomic E-state index is 12.9. The molecule has 5 aliphatic carbocycles. The second-order valence-corrected chi connectivity index (χ2v) is 18.9. The zero-order chi connectivity index (χ0) is 34.0. The van der Waals surface area contributed by atoms with Crippen LogP contribution in [0.4, 0.5) is 0 Å². The van der Waals surface area contributed by atoms with Crippen LogP contribution in [-0.4, -0.2) is 92.9 Å². The smallest absolute Gasteiger partial charge is 0.303 e. The van der Waals surface area contributed by atoms with Crippen molar-refractivity contribution in [1.29, 1.82) is 0 Å². The number of aliphatic hydroxyl groups is 4. The van der Waals surface area contributed by atoms with Gasteiger partial charge in [-0.25, -0.2) is 0 Å². The molecule has 16 atom stereocenters. The van der Waals surface area contributed by atoms with Crippen molar-refractivity contribution in [2.24, 2.45) is 44.8 Å². The predicted molar refractivity (Wildman–Crippen MR) is 168 cm³/mol. The van der Waals surface area contributed by atoms with Gasteiger partial charge in [0.15, 0.2) is 12.1 Å². The average Bonchev–Trinajstić information content (AvgIpc) is 3.49. The monoisotopic (exact) mass is 662 g/mol. The summed E-state index contributed by atoms with van der Waals surface area (Å²) in [6.45, 7) is 16.6. The van der Waals surface area contributed by atoms with Crippen LogP contribution in [0.1, 0.15) is 113 Å². The largest absolute Gasteiger partial charge is 0.459 e. The molecule has 5 saturated carbocycles. The highest BCUT2D eigenvalue weighted by atomic mass is 16.7. The van der Waals surface area contributed by atoms with Gasteiger partial charge in [0.2, 0.25) is 0 Å². The fourth-order valence-corrected chi connectivity index (χ4v) is 14.2. The van der Waals surface area contributed by atoms with Gasteiger partial charge in [0, 0.05) is 24.7 Å². The van der Waals surface area contributed by atoms with Crippen LogP contribution in [0.3, 0.4) is 0 Å². The minimum absolute atomic E-state index is 0.0310. The summed E-state index contributed by atoms with van der Waals surface area (Å²) in [7, 11) is 0. The second-order valence-electron chi connectivity index (χ2n) is 18.9. The highest BCUT2D eigenvalue weighted by Crippen LogP contribution is 2.90. The Morgan fingerprint density at radius 2 is 1.55 bits per heavy atom. The van der Waals surface area contributed by atoms with E-state index >= 15 is 0 Å². The molecule has 0 radical (unpaired) electrons. The Hall–Kier alpha value is -0.850. The number of ether oxygens (including phenoxy) is 5. The van der Waals surface area contributed by atoms with Crippen molar-refractivity contribution in [3.05, 3.63) is 0 Å². The van der Waals surface area contributed by atoms with Crippen molar-refractivity contribution >= 4 is 5.97 Å². The summed E-state index contributed by atoms with van der Waals surface area (Å²) in [5, 5.41) is 42.3. The van der Waals surface area contributed by atoms with Crippen LogP contribution >= 0.6 is 0 Å². The minimum Gasteiger partial charge on any atom is -0.459 e. The third-order valence-corrected chi connectivity index (χ3v) is 16.4. The highest BCUT2D eigenvalue weighted by molar-refractivity contribution is 5.66. The number of fused-ring (bicyclic) bond motifs is 7. The molecule has 2 spiro atoms. The van der Waals surface area contributed by atoms with Crippen molar-refractivity contribution in [1.82, 2.24) is 0 Å². The van der Waals surface area contributed by atoms with E-state index in [1.54, 1.807) is 13.8 Å². The Morgan fingerprint density at radius 3 is 2.23 bits per heavy atom. The number of aliphatic hydroxyl groups excluding tert-OH is 3. The summed E-state index contributed by atoms with van der Waals surface area (Å²) >= 11 is 0. The van der Waals surface area contributed by atoms with E-state index in [0.29, 0.717) is 18.3 Å². The fraction of sp³-hybridized carbons (Fsp3) is 0.973. The summed E-state index contributed by atoms with van der Waals surface area (Å²) < 4.78 is 32.5. The standard InChI is InChI=1S/C37H58O10/c1-19(38)44-28-26-27(33(7)14-16-37(46-26,47-33)31(4,5)42)32(6)13-15-36-18-35(36)12-11-23(45-29-25(41)24(40)20(39)17-43-29)30(2,3)21(35)9-10-22(36)34(28,32)8/h20-29,39-42H,9-18H2,1-8H3/t20-,21?,22?,23+,24-,25-,26-,27?,28+,29+,32-,33+,34-,35-,36+,37+/m1/s1. The van der Waals surface area contributed by atoms with Crippen molar-refractivity contribution in [2.45, 2.75) is 173 Å². The maximum Gasteiger partial charge on any atom is 0.303 e. The van der Waals surface area contributed by atoms with Gasteiger partial charge >= 0.3 is 5.97 Å². The van der Waals surface area contributed by atoms with Crippen LogP contribution in [-0.2, 0) is 28.5 Å². The van der Waals surface area contributed by atoms with Gasteiger partial charge in [-0.05, 0) is 106 Å². The first-order chi connectivity index (χ1) is 21.7. The van der Waals surface area contributed by atoms with Crippen LogP contribution in [0.15, 0.2) is 0 Å². The van der Waals surface area contributed by atoms with Crippen LogP contribution in [0.25, 0.3) is 0 Å². The number of carbonyl (C=O) groups is 1. The van der Waals surface area contributed by atoms with E-state index < -0.39 is 47.7 Å². The fourth-order valence-electron chi connectivity index (χ4n) is 14.2. The van der Waals surface area contributed by atoms with Crippen LogP contribution in [0, 0.1) is 44.8 Å². The Balaban J connectivity index is 1.13. The van der Waals surface area contributed by atoms with Crippen LogP contribution in [0.2, 0.25) is 0 Å². The number of rotatable bonds is 4. The summed E-state index contributed by atoms with van der Waals surface area (Å²) in [4.78, 5) is 12.9. The molecule has 47 heavy (non-hydrogen) atoms. The lowest BCUT2D eigenvalue weighted by Gasteiger charge is -2.64. The molecule has 3 unspecified atom stereocenters. The quantitative estimate of drug-likeness (QED) is 0.259. The molecular formula is C37H58O10. The Labute approximate surface area is 279 Å².